The lowest BCUT2D eigenvalue weighted by atomic mass is 10.1. The van der Waals surface area contributed by atoms with Gasteiger partial charge in [0.1, 0.15) is 5.82 Å². The molecular weight excluding hydrogens is 364 g/mol. The summed E-state index contributed by atoms with van der Waals surface area (Å²) in [4.78, 5) is 41.3. The Hall–Kier alpha value is -3.49. The Morgan fingerprint density at radius 1 is 1.14 bits per heavy atom. The maximum absolute atomic E-state index is 12.5. The molecule has 0 unspecified atom stereocenters. The van der Waals surface area contributed by atoms with Crippen LogP contribution >= 0.6 is 0 Å². The molecule has 2 rings (SSSR count). The standard InChI is InChI=1S/C19H22N4O5/c1-4-22(5-2)17-8-7-15(12-20-17)21-18(24)13-9-14(19(25)28-6-3)11-16(10-13)23(26)27/h7-12H,4-6H2,1-3H3,(H,21,24). The predicted molar refractivity (Wildman–Crippen MR) is 105 cm³/mol. The van der Waals surface area contributed by atoms with Crippen LogP contribution in [-0.2, 0) is 4.74 Å². The number of ether oxygens (including phenoxy) is 1. The fourth-order valence-corrected chi connectivity index (χ4v) is 2.58. The van der Waals surface area contributed by atoms with Crippen molar-refractivity contribution in [2.75, 3.05) is 29.9 Å². The average molecular weight is 386 g/mol. The fourth-order valence-electron chi connectivity index (χ4n) is 2.58. The van der Waals surface area contributed by atoms with E-state index in [1.165, 1.54) is 12.3 Å². The molecule has 0 aliphatic heterocycles. The Bertz CT molecular complexity index is 863. The van der Waals surface area contributed by atoms with Gasteiger partial charge in [-0.3, -0.25) is 14.9 Å². The van der Waals surface area contributed by atoms with Gasteiger partial charge in [-0.2, -0.15) is 0 Å². The number of pyridine rings is 1. The normalized spacial score (nSPS) is 10.2. The highest BCUT2D eigenvalue weighted by Gasteiger charge is 2.19. The van der Waals surface area contributed by atoms with Crippen molar-refractivity contribution in [1.29, 1.82) is 0 Å². The van der Waals surface area contributed by atoms with Crippen molar-refractivity contribution in [2.24, 2.45) is 0 Å². The second-order valence-corrected chi connectivity index (χ2v) is 5.78. The number of nitrogens with zero attached hydrogens (tertiary/aromatic N) is 3. The number of non-ortho nitro benzene ring substituents is 1. The summed E-state index contributed by atoms with van der Waals surface area (Å²) in [6.45, 7) is 7.39. The first-order valence-electron chi connectivity index (χ1n) is 8.88. The minimum absolute atomic E-state index is 0.0231. The second-order valence-electron chi connectivity index (χ2n) is 5.78. The quantitative estimate of drug-likeness (QED) is 0.420. The molecule has 0 atom stereocenters. The van der Waals surface area contributed by atoms with Crippen LogP contribution in [0.5, 0.6) is 0 Å². The summed E-state index contributed by atoms with van der Waals surface area (Å²) >= 11 is 0. The number of hydrogen-bond donors (Lipinski definition) is 1. The lowest BCUT2D eigenvalue weighted by Crippen LogP contribution is -2.23. The number of anilines is 2. The third kappa shape index (κ3) is 5.03. The van der Waals surface area contributed by atoms with Crippen LogP contribution in [0.25, 0.3) is 0 Å². The molecule has 1 aromatic carbocycles. The number of hydrogen-bond acceptors (Lipinski definition) is 7. The highest BCUT2D eigenvalue weighted by atomic mass is 16.6. The first-order valence-corrected chi connectivity index (χ1v) is 8.88. The van der Waals surface area contributed by atoms with E-state index >= 15 is 0 Å². The zero-order valence-electron chi connectivity index (χ0n) is 16.0. The summed E-state index contributed by atoms with van der Waals surface area (Å²) in [6, 6.07) is 6.92. The molecule has 1 heterocycles. The third-order valence-corrected chi connectivity index (χ3v) is 4.00. The zero-order valence-corrected chi connectivity index (χ0v) is 16.0. The number of nitrogens with one attached hydrogen (secondary N) is 1. The van der Waals surface area contributed by atoms with Crippen LogP contribution < -0.4 is 10.2 Å². The molecule has 9 nitrogen and oxygen atoms in total. The number of carbonyl (C=O) groups is 2. The van der Waals surface area contributed by atoms with E-state index in [-0.39, 0.29) is 23.4 Å². The van der Waals surface area contributed by atoms with E-state index in [2.05, 4.69) is 15.2 Å². The molecule has 0 aliphatic rings. The number of carbonyl (C=O) groups excluding carboxylic acids is 2. The number of nitro groups is 1. The molecule has 1 N–H and O–H groups in total. The molecular formula is C19H22N4O5. The fraction of sp³-hybridized carbons (Fsp3) is 0.316. The number of amides is 1. The summed E-state index contributed by atoms with van der Waals surface area (Å²) in [7, 11) is 0. The van der Waals surface area contributed by atoms with Gasteiger partial charge in [0, 0.05) is 30.8 Å². The van der Waals surface area contributed by atoms with Crippen molar-refractivity contribution in [3.8, 4) is 0 Å². The number of esters is 1. The Morgan fingerprint density at radius 2 is 1.82 bits per heavy atom. The monoisotopic (exact) mass is 386 g/mol. The Kier molecular flexibility index (Phi) is 7.02. The molecule has 0 saturated heterocycles. The molecule has 1 amide bonds. The number of aromatic nitrogens is 1. The topological polar surface area (TPSA) is 115 Å². The largest absolute Gasteiger partial charge is 0.462 e. The van der Waals surface area contributed by atoms with Gasteiger partial charge in [-0.25, -0.2) is 9.78 Å². The number of rotatable bonds is 8. The first kappa shape index (κ1) is 20.8. The lowest BCUT2D eigenvalue weighted by Gasteiger charge is -2.19. The molecule has 1 aromatic heterocycles. The zero-order chi connectivity index (χ0) is 20.7. The molecule has 0 aliphatic carbocycles. The minimum Gasteiger partial charge on any atom is -0.462 e. The van der Waals surface area contributed by atoms with Crippen LogP contribution in [0.15, 0.2) is 36.5 Å². The van der Waals surface area contributed by atoms with Crippen molar-refractivity contribution in [3.05, 3.63) is 57.8 Å². The van der Waals surface area contributed by atoms with E-state index in [0.717, 1.165) is 31.0 Å². The first-order chi connectivity index (χ1) is 13.4. The van der Waals surface area contributed by atoms with Crippen LogP contribution in [0.4, 0.5) is 17.2 Å². The Balaban J connectivity index is 2.25. The summed E-state index contributed by atoms with van der Waals surface area (Å²) in [5, 5.41) is 13.8. The van der Waals surface area contributed by atoms with E-state index in [1.54, 1.807) is 19.1 Å². The van der Waals surface area contributed by atoms with Gasteiger partial charge in [0.2, 0.25) is 0 Å². The smallest absolute Gasteiger partial charge is 0.338 e. The van der Waals surface area contributed by atoms with E-state index in [0.29, 0.717) is 5.69 Å². The molecule has 0 radical (unpaired) electrons. The molecule has 0 fully saturated rings. The van der Waals surface area contributed by atoms with Crippen LogP contribution in [0.3, 0.4) is 0 Å². The van der Waals surface area contributed by atoms with Gasteiger partial charge in [0.25, 0.3) is 11.6 Å². The van der Waals surface area contributed by atoms with Crippen molar-refractivity contribution >= 4 is 29.1 Å². The minimum atomic E-state index is -0.731. The molecule has 28 heavy (non-hydrogen) atoms. The second kappa shape index (κ2) is 9.45. The van der Waals surface area contributed by atoms with Gasteiger partial charge in [-0.05, 0) is 39.0 Å². The van der Waals surface area contributed by atoms with E-state index in [1.807, 2.05) is 13.8 Å². The number of nitro benzene ring substituents is 1. The van der Waals surface area contributed by atoms with Gasteiger partial charge in [0.15, 0.2) is 0 Å². The maximum atomic E-state index is 12.5. The van der Waals surface area contributed by atoms with Crippen LogP contribution in [0.1, 0.15) is 41.5 Å². The van der Waals surface area contributed by atoms with Crippen molar-refractivity contribution < 1.29 is 19.2 Å². The van der Waals surface area contributed by atoms with Crippen LogP contribution in [-0.4, -0.2) is 41.5 Å². The number of benzene rings is 1. The molecule has 0 saturated carbocycles. The van der Waals surface area contributed by atoms with Crippen LogP contribution in [0, 0.1) is 10.1 Å². The van der Waals surface area contributed by atoms with Crippen molar-refractivity contribution in [1.82, 2.24) is 4.98 Å². The molecule has 0 bridgehead atoms. The van der Waals surface area contributed by atoms with E-state index in [4.69, 9.17) is 4.74 Å². The van der Waals surface area contributed by atoms with E-state index in [9.17, 15) is 19.7 Å². The SMILES string of the molecule is CCOC(=O)c1cc(C(=O)Nc2ccc(N(CC)CC)nc2)cc([N+](=O)[O-])c1. The van der Waals surface area contributed by atoms with Crippen molar-refractivity contribution in [2.45, 2.75) is 20.8 Å². The summed E-state index contributed by atoms with van der Waals surface area (Å²) in [5.41, 5.74) is -0.0166. The van der Waals surface area contributed by atoms with Crippen LogP contribution in [0.2, 0.25) is 0 Å². The Morgan fingerprint density at radius 3 is 2.36 bits per heavy atom. The maximum Gasteiger partial charge on any atom is 0.338 e. The van der Waals surface area contributed by atoms with Gasteiger partial charge in [-0.15, -0.1) is 0 Å². The molecule has 0 spiro atoms. The predicted octanol–water partition coefficient (Wildman–Crippen LogP) is 3.27. The lowest BCUT2D eigenvalue weighted by molar-refractivity contribution is -0.384. The molecule has 2 aromatic rings. The van der Waals surface area contributed by atoms with Gasteiger partial charge in [0.05, 0.1) is 29.0 Å². The van der Waals surface area contributed by atoms with E-state index < -0.39 is 16.8 Å². The summed E-state index contributed by atoms with van der Waals surface area (Å²) in [6.07, 6.45) is 1.51. The summed E-state index contributed by atoms with van der Waals surface area (Å²) in [5.74, 6) is -0.542. The third-order valence-electron chi connectivity index (χ3n) is 4.00. The van der Waals surface area contributed by atoms with Gasteiger partial charge >= 0.3 is 5.97 Å². The Labute approximate surface area is 162 Å². The average Bonchev–Trinajstić information content (AvgIpc) is 2.70. The van der Waals surface area contributed by atoms with Crippen molar-refractivity contribution in [3.63, 3.8) is 0 Å². The van der Waals surface area contributed by atoms with Gasteiger partial charge in [-0.1, -0.05) is 0 Å². The highest BCUT2D eigenvalue weighted by molar-refractivity contribution is 6.06. The molecule has 9 heteroatoms. The molecule has 148 valence electrons. The van der Waals surface area contributed by atoms with Gasteiger partial charge < -0.3 is 15.0 Å². The summed E-state index contributed by atoms with van der Waals surface area (Å²) < 4.78 is 4.86. The highest BCUT2D eigenvalue weighted by Crippen LogP contribution is 2.20.